The second-order valence-corrected chi connectivity index (χ2v) is 7.75. The fraction of sp³-hybridized carbons (Fsp3) is 0.350. The van der Waals surface area contributed by atoms with E-state index < -0.39 is 5.82 Å². The van der Waals surface area contributed by atoms with Gasteiger partial charge in [-0.2, -0.15) is 5.10 Å². The number of fused-ring (bicyclic) bond motifs is 6. The highest BCUT2D eigenvalue weighted by Gasteiger charge is 2.21. The summed E-state index contributed by atoms with van der Waals surface area (Å²) in [6, 6.07) is 3.07. The lowest BCUT2D eigenvalue weighted by molar-refractivity contribution is 0.0933. The van der Waals surface area contributed by atoms with Crippen LogP contribution >= 0.6 is 11.6 Å². The smallest absolute Gasteiger partial charge is 0.256 e. The molecule has 7 nitrogen and oxygen atoms in total. The van der Waals surface area contributed by atoms with Gasteiger partial charge in [0.25, 0.3) is 5.91 Å². The molecule has 2 aliphatic rings. The molecule has 6 bridgehead atoms. The van der Waals surface area contributed by atoms with Crippen molar-refractivity contribution in [1.82, 2.24) is 19.9 Å². The Bertz CT molecular complexity index is 1080. The van der Waals surface area contributed by atoms with Crippen molar-refractivity contribution in [2.45, 2.75) is 39.5 Å². The van der Waals surface area contributed by atoms with E-state index in [0.29, 0.717) is 29.1 Å². The average molecular weight is 418 g/mol. The Hall–Kier alpha value is -2.87. The summed E-state index contributed by atoms with van der Waals surface area (Å²) in [6.45, 7) is 6.44. The molecule has 9 heteroatoms. The largest absolute Gasteiger partial charge is 0.489 e. The first-order valence-electron chi connectivity index (χ1n) is 9.36. The fourth-order valence-corrected chi connectivity index (χ4v) is 3.50. The number of carbonyl (C=O) groups excluding carboxylic acids is 1. The molecular weight excluding hydrogens is 397 g/mol. The summed E-state index contributed by atoms with van der Waals surface area (Å²) in [4.78, 5) is 19.0. The zero-order valence-electron chi connectivity index (χ0n) is 16.3. The van der Waals surface area contributed by atoms with Crippen LogP contribution in [0.4, 0.5) is 10.1 Å². The summed E-state index contributed by atoms with van der Waals surface area (Å²) in [7, 11) is 0. The maximum absolute atomic E-state index is 14.5. The van der Waals surface area contributed by atoms with Crippen molar-refractivity contribution >= 4 is 28.8 Å². The van der Waals surface area contributed by atoms with E-state index in [1.54, 1.807) is 29.9 Å². The van der Waals surface area contributed by atoms with Gasteiger partial charge < -0.3 is 15.0 Å². The number of hydrogen-bond donors (Lipinski definition) is 1. The first-order chi connectivity index (χ1) is 13.8. The number of amides is 1. The Morgan fingerprint density at radius 2 is 2.14 bits per heavy atom. The predicted molar refractivity (Wildman–Crippen MR) is 108 cm³/mol. The molecule has 1 N–H and O–H groups in total. The molecule has 0 saturated heterocycles. The molecule has 0 unspecified atom stereocenters. The first kappa shape index (κ1) is 19.4. The minimum absolute atomic E-state index is 0.0590. The normalized spacial score (nSPS) is 17.4. The lowest BCUT2D eigenvalue weighted by Crippen LogP contribution is -2.33. The third-order valence-corrected chi connectivity index (χ3v) is 5.27. The molecule has 0 radical (unpaired) electrons. The molecule has 2 aromatic heterocycles. The van der Waals surface area contributed by atoms with Crippen molar-refractivity contribution in [3.05, 3.63) is 52.7 Å². The fourth-order valence-electron chi connectivity index (χ4n) is 3.34. The monoisotopic (exact) mass is 417 g/mol. The molecule has 2 aliphatic heterocycles. The highest BCUT2D eigenvalue weighted by Crippen LogP contribution is 2.30. The second-order valence-electron chi connectivity index (χ2n) is 7.38. The van der Waals surface area contributed by atoms with Crippen LogP contribution in [0, 0.1) is 5.82 Å². The van der Waals surface area contributed by atoms with Crippen molar-refractivity contribution in [2.24, 2.45) is 0 Å². The topological polar surface area (TPSA) is 71.8 Å². The summed E-state index contributed by atoms with van der Waals surface area (Å²) in [5, 5.41) is 7.14. The molecule has 1 atom stereocenters. The van der Waals surface area contributed by atoms with Crippen LogP contribution in [0.5, 0.6) is 5.75 Å². The van der Waals surface area contributed by atoms with Crippen molar-refractivity contribution in [1.29, 1.82) is 0 Å². The number of benzene rings is 1. The number of nitrogens with one attached hydrogen (secondary N) is 1. The Labute approximate surface area is 172 Å². The summed E-state index contributed by atoms with van der Waals surface area (Å²) < 4.78 is 21.8. The third kappa shape index (κ3) is 3.72. The quantitative estimate of drug-likeness (QED) is 0.656. The molecule has 0 fully saturated rings. The molecule has 3 aromatic rings. The van der Waals surface area contributed by atoms with Gasteiger partial charge in [0.15, 0.2) is 5.65 Å². The van der Waals surface area contributed by atoms with E-state index in [-0.39, 0.29) is 29.6 Å². The van der Waals surface area contributed by atoms with E-state index in [4.69, 9.17) is 16.3 Å². The van der Waals surface area contributed by atoms with Crippen LogP contribution in [0.25, 0.3) is 5.65 Å². The van der Waals surface area contributed by atoms with Crippen molar-refractivity contribution < 1.29 is 13.9 Å². The van der Waals surface area contributed by atoms with Gasteiger partial charge in [0, 0.05) is 18.7 Å². The Kier molecular flexibility index (Phi) is 5.04. The Balaban J connectivity index is 1.86. The molecule has 1 amide bonds. The third-order valence-electron chi connectivity index (χ3n) is 4.85. The van der Waals surface area contributed by atoms with E-state index >= 15 is 0 Å². The van der Waals surface area contributed by atoms with Crippen LogP contribution in [0.2, 0.25) is 5.02 Å². The number of aromatic nitrogens is 3. The molecule has 0 spiro atoms. The van der Waals surface area contributed by atoms with Crippen LogP contribution in [-0.4, -0.2) is 39.2 Å². The van der Waals surface area contributed by atoms with E-state index in [9.17, 15) is 9.18 Å². The van der Waals surface area contributed by atoms with Gasteiger partial charge in [-0.25, -0.2) is 13.9 Å². The Morgan fingerprint density at radius 3 is 2.90 bits per heavy atom. The lowest BCUT2D eigenvalue weighted by atomic mass is 10.1. The molecule has 4 heterocycles. The van der Waals surface area contributed by atoms with Gasteiger partial charge in [-0.1, -0.05) is 11.6 Å². The van der Waals surface area contributed by atoms with E-state index in [0.717, 1.165) is 5.69 Å². The average Bonchev–Trinajstić information content (AvgIpc) is 3.09. The van der Waals surface area contributed by atoms with Crippen molar-refractivity contribution in [3.63, 3.8) is 0 Å². The summed E-state index contributed by atoms with van der Waals surface area (Å²) >= 11 is 6.26. The van der Waals surface area contributed by atoms with Crippen molar-refractivity contribution in [3.8, 4) is 5.75 Å². The van der Waals surface area contributed by atoms with E-state index in [1.807, 2.05) is 18.7 Å². The zero-order chi connectivity index (χ0) is 20.7. The number of halogens is 2. The number of nitrogens with zero attached hydrogens (tertiary/aromatic N) is 4. The summed E-state index contributed by atoms with van der Waals surface area (Å²) in [5.74, 6) is -0.481. The number of hydrogen-bond acceptors (Lipinski definition) is 5. The predicted octanol–water partition coefficient (Wildman–Crippen LogP) is 3.45. The maximum atomic E-state index is 14.5. The molecule has 1 aromatic carbocycles. The van der Waals surface area contributed by atoms with Gasteiger partial charge >= 0.3 is 0 Å². The van der Waals surface area contributed by atoms with E-state index in [1.165, 1.54) is 12.3 Å². The molecule has 29 heavy (non-hydrogen) atoms. The maximum Gasteiger partial charge on any atom is 0.256 e. The standard InChI is InChI=1S/C20H21ClFN5O2/c1-11(2)26-9-13-4-15(5-17(22)18(13)21)29-12(3)6-24-20(28)16-8-25-27-10-14(26)7-23-19(16)27/h4-5,7-8,10-12H,6,9H2,1-3H3,(H,24,28)/t12-/m0/s1. The van der Waals surface area contributed by atoms with Gasteiger partial charge in [0.05, 0.1) is 35.8 Å². The minimum Gasteiger partial charge on any atom is -0.489 e. The SMILES string of the molecule is CC(C)N1Cc2cc(cc(F)c2Cl)O[C@@H](C)CNC(=O)c2cnn3cc1cnc23. The van der Waals surface area contributed by atoms with Crippen molar-refractivity contribution in [2.75, 3.05) is 11.4 Å². The van der Waals surface area contributed by atoms with Crippen LogP contribution in [-0.2, 0) is 6.54 Å². The molecular formula is C20H21ClFN5O2. The van der Waals surface area contributed by atoms with Gasteiger partial charge in [-0.05, 0) is 32.4 Å². The number of rotatable bonds is 1. The van der Waals surface area contributed by atoms with Crippen LogP contribution in [0.15, 0.2) is 30.7 Å². The van der Waals surface area contributed by atoms with Gasteiger partial charge in [0.2, 0.25) is 0 Å². The zero-order valence-corrected chi connectivity index (χ0v) is 17.1. The molecule has 0 aliphatic carbocycles. The minimum atomic E-state index is -0.548. The van der Waals surface area contributed by atoms with Gasteiger partial charge in [-0.15, -0.1) is 0 Å². The van der Waals surface area contributed by atoms with Gasteiger partial charge in [-0.3, -0.25) is 4.79 Å². The number of carbonyl (C=O) groups is 1. The molecule has 0 saturated carbocycles. The first-order valence-corrected chi connectivity index (χ1v) is 9.74. The molecule has 5 rings (SSSR count). The van der Waals surface area contributed by atoms with Crippen LogP contribution in [0.1, 0.15) is 36.7 Å². The summed E-state index contributed by atoms with van der Waals surface area (Å²) in [6.07, 6.45) is 4.60. The molecule has 152 valence electrons. The van der Waals surface area contributed by atoms with E-state index in [2.05, 4.69) is 15.4 Å². The number of anilines is 1. The lowest BCUT2D eigenvalue weighted by Gasteiger charge is -2.29. The summed E-state index contributed by atoms with van der Waals surface area (Å²) in [5.41, 5.74) is 2.21. The van der Waals surface area contributed by atoms with Gasteiger partial charge in [0.1, 0.15) is 23.2 Å². The highest BCUT2D eigenvalue weighted by molar-refractivity contribution is 6.31. The second kappa shape index (κ2) is 7.51. The number of ether oxygens (including phenoxy) is 1. The van der Waals surface area contributed by atoms with Crippen LogP contribution in [0.3, 0.4) is 0 Å². The highest BCUT2D eigenvalue weighted by atomic mass is 35.5. The van der Waals surface area contributed by atoms with Crippen LogP contribution < -0.4 is 15.0 Å². The Morgan fingerprint density at radius 1 is 1.34 bits per heavy atom.